The van der Waals surface area contributed by atoms with Crippen molar-refractivity contribution in [2.45, 2.75) is 32.7 Å². The van der Waals surface area contributed by atoms with Gasteiger partial charge in [0.1, 0.15) is 0 Å². The predicted octanol–water partition coefficient (Wildman–Crippen LogP) is 3.02. The Hall–Kier alpha value is -1.35. The van der Waals surface area contributed by atoms with Gasteiger partial charge >= 0.3 is 0 Å². The normalized spacial score (nSPS) is 19.7. The highest BCUT2D eigenvalue weighted by Crippen LogP contribution is 2.27. The Kier molecular flexibility index (Phi) is 4.97. The van der Waals surface area contributed by atoms with E-state index in [4.69, 9.17) is 4.74 Å². The average Bonchev–Trinajstić information content (AvgIpc) is 2.49. The third kappa shape index (κ3) is 3.16. The number of rotatable bonds is 4. The van der Waals surface area contributed by atoms with Crippen LogP contribution in [0.3, 0.4) is 0 Å². The summed E-state index contributed by atoms with van der Waals surface area (Å²) in [7, 11) is 0. The van der Waals surface area contributed by atoms with Gasteiger partial charge in [-0.2, -0.15) is 0 Å². The molecular weight excluding hydrogens is 238 g/mol. The van der Waals surface area contributed by atoms with Gasteiger partial charge in [-0.15, -0.1) is 0 Å². The van der Waals surface area contributed by atoms with Gasteiger partial charge in [0.2, 0.25) is 5.91 Å². The van der Waals surface area contributed by atoms with E-state index in [1.54, 1.807) is 0 Å². The third-order valence-corrected chi connectivity index (χ3v) is 3.93. The van der Waals surface area contributed by atoms with E-state index in [1.165, 1.54) is 5.56 Å². The molecule has 1 fully saturated rings. The van der Waals surface area contributed by atoms with E-state index < -0.39 is 0 Å². The van der Waals surface area contributed by atoms with E-state index in [-0.39, 0.29) is 17.9 Å². The first-order valence-corrected chi connectivity index (χ1v) is 7.21. The average molecular weight is 261 g/mol. The van der Waals surface area contributed by atoms with E-state index in [0.717, 1.165) is 12.8 Å². The minimum Gasteiger partial charge on any atom is -0.377 e. The molecule has 1 saturated heterocycles. The fourth-order valence-corrected chi connectivity index (χ4v) is 2.69. The quantitative estimate of drug-likeness (QED) is 0.833. The van der Waals surface area contributed by atoms with Gasteiger partial charge in [0, 0.05) is 12.5 Å². The number of carbonyl (C=O) groups is 1. The number of morpholine rings is 1. The summed E-state index contributed by atoms with van der Waals surface area (Å²) in [5.41, 5.74) is 1.17. The van der Waals surface area contributed by atoms with E-state index in [0.29, 0.717) is 19.8 Å². The molecule has 1 unspecified atom stereocenters. The second-order valence-electron chi connectivity index (χ2n) is 5.05. The van der Waals surface area contributed by atoms with Crippen molar-refractivity contribution in [1.29, 1.82) is 0 Å². The van der Waals surface area contributed by atoms with Crippen LogP contribution in [-0.2, 0) is 9.53 Å². The van der Waals surface area contributed by atoms with Crippen LogP contribution in [0.4, 0.5) is 0 Å². The maximum Gasteiger partial charge on any atom is 0.226 e. The standard InChI is InChI=1S/C16H23NO2/c1-3-13(4-2)16(18)17-10-11-19-12-15(17)14-8-6-5-7-9-14/h5-9,13,15H,3-4,10-12H2,1-2H3. The van der Waals surface area contributed by atoms with Gasteiger partial charge in [-0.1, -0.05) is 44.2 Å². The number of hydrogen-bond acceptors (Lipinski definition) is 2. The monoisotopic (exact) mass is 261 g/mol. The molecule has 1 atom stereocenters. The topological polar surface area (TPSA) is 29.5 Å². The number of ether oxygens (including phenoxy) is 1. The molecule has 2 rings (SSSR count). The zero-order valence-corrected chi connectivity index (χ0v) is 11.8. The van der Waals surface area contributed by atoms with E-state index >= 15 is 0 Å². The highest BCUT2D eigenvalue weighted by molar-refractivity contribution is 5.79. The summed E-state index contributed by atoms with van der Waals surface area (Å²) in [6.45, 7) is 6.13. The highest BCUT2D eigenvalue weighted by atomic mass is 16.5. The largest absolute Gasteiger partial charge is 0.377 e. The number of hydrogen-bond donors (Lipinski definition) is 0. The molecule has 0 aliphatic carbocycles. The Bertz CT molecular complexity index is 400. The molecule has 0 aromatic heterocycles. The zero-order chi connectivity index (χ0) is 13.7. The summed E-state index contributed by atoms with van der Waals surface area (Å²) >= 11 is 0. The molecule has 0 bridgehead atoms. The molecule has 1 aromatic carbocycles. The summed E-state index contributed by atoms with van der Waals surface area (Å²) < 4.78 is 5.57. The van der Waals surface area contributed by atoms with Crippen molar-refractivity contribution < 1.29 is 9.53 Å². The van der Waals surface area contributed by atoms with Crippen LogP contribution in [0.5, 0.6) is 0 Å². The molecular formula is C16H23NO2. The maximum absolute atomic E-state index is 12.6. The van der Waals surface area contributed by atoms with Crippen molar-refractivity contribution in [3.05, 3.63) is 35.9 Å². The Balaban J connectivity index is 2.19. The van der Waals surface area contributed by atoms with Crippen molar-refractivity contribution in [1.82, 2.24) is 4.90 Å². The van der Waals surface area contributed by atoms with Gasteiger partial charge < -0.3 is 9.64 Å². The minimum atomic E-state index is 0.0723. The van der Waals surface area contributed by atoms with Crippen LogP contribution >= 0.6 is 0 Å². The zero-order valence-electron chi connectivity index (χ0n) is 11.8. The summed E-state index contributed by atoms with van der Waals surface area (Å²) in [5, 5.41) is 0. The SMILES string of the molecule is CCC(CC)C(=O)N1CCOCC1c1ccccc1. The second-order valence-corrected chi connectivity index (χ2v) is 5.05. The first kappa shape index (κ1) is 14.1. The first-order chi connectivity index (χ1) is 9.27. The van der Waals surface area contributed by atoms with Crippen LogP contribution in [0.1, 0.15) is 38.3 Å². The lowest BCUT2D eigenvalue weighted by molar-refractivity contribution is -0.144. The molecule has 1 aliphatic heterocycles. The van der Waals surface area contributed by atoms with Crippen LogP contribution < -0.4 is 0 Å². The van der Waals surface area contributed by atoms with Crippen molar-refractivity contribution in [2.24, 2.45) is 5.92 Å². The molecule has 0 N–H and O–H groups in total. The van der Waals surface area contributed by atoms with E-state index in [9.17, 15) is 4.79 Å². The van der Waals surface area contributed by atoms with Gasteiger partial charge in [0.15, 0.2) is 0 Å². The molecule has 1 heterocycles. The lowest BCUT2D eigenvalue weighted by Gasteiger charge is -2.37. The summed E-state index contributed by atoms with van der Waals surface area (Å²) in [6.07, 6.45) is 1.82. The Morgan fingerprint density at radius 2 is 2.00 bits per heavy atom. The van der Waals surface area contributed by atoms with E-state index in [2.05, 4.69) is 26.0 Å². The van der Waals surface area contributed by atoms with Gasteiger partial charge in [0.25, 0.3) is 0 Å². The van der Waals surface area contributed by atoms with Crippen LogP contribution in [0.2, 0.25) is 0 Å². The Morgan fingerprint density at radius 3 is 2.63 bits per heavy atom. The summed E-state index contributed by atoms with van der Waals surface area (Å²) in [4.78, 5) is 14.6. The van der Waals surface area contributed by atoms with Crippen LogP contribution in [0.15, 0.2) is 30.3 Å². The van der Waals surface area contributed by atoms with Crippen LogP contribution in [-0.4, -0.2) is 30.6 Å². The Morgan fingerprint density at radius 1 is 1.32 bits per heavy atom. The summed E-state index contributed by atoms with van der Waals surface area (Å²) in [5.74, 6) is 0.423. The number of nitrogens with zero attached hydrogens (tertiary/aromatic N) is 1. The lowest BCUT2D eigenvalue weighted by atomic mass is 9.98. The third-order valence-electron chi connectivity index (χ3n) is 3.93. The van der Waals surface area contributed by atoms with Crippen molar-refractivity contribution in [3.63, 3.8) is 0 Å². The second kappa shape index (κ2) is 6.71. The van der Waals surface area contributed by atoms with Gasteiger partial charge in [-0.3, -0.25) is 4.79 Å². The smallest absolute Gasteiger partial charge is 0.226 e. The van der Waals surface area contributed by atoms with Gasteiger partial charge in [0.05, 0.1) is 19.3 Å². The highest BCUT2D eigenvalue weighted by Gasteiger charge is 2.31. The lowest BCUT2D eigenvalue weighted by Crippen LogP contribution is -2.45. The van der Waals surface area contributed by atoms with Crippen LogP contribution in [0.25, 0.3) is 0 Å². The van der Waals surface area contributed by atoms with Crippen LogP contribution in [0, 0.1) is 5.92 Å². The molecule has 0 saturated carbocycles. The van der Waals surface area contributed by atoms with Crippen molar-refractivity contribution in [3.8, 4) is 0 Å². The molecule has 1 amide bonds. The molecule has 104 valence electrons. The molecule has 1 aromatic rings. The van der Waals surface area contributed by atoms with Gasteiger partial charge in [-0.05, 0) is 18.4 Å². The molecule has 3 heteroatoms. The molecule has 0 spiro atoms. The molecule has 1 aliphatic rings. The number of benzene rings is 1. The van der Waals surface area contributed by atoms with Crippen molar-refractivity contribution in [2.75, 3.05) is 19.8 Å². The predicted molar refractivity (Wildman–Crippen MR) is 75.8 cm³/mol. The summed E-state index contributed by atoms with van der Waals surface area (Å²) in [6, 6.07) is 10.3. The fraction of sp³-hybridized carbons (Fsp3) is 0.562. The van der Waals surface area contributed by atoms with E-state index in [1.807, 2.05) is 23.1 Å². The number of carbonyl (C=O) groups excluding carboxylic acids is 1. The first-order valence-electron chi connectivity index (χ1n) is 7.21. The van der Waals surface area contributed by atoms with Crippen molar-refractivity contribution >= 4 is 5.91 Å². The fourth-order valence-electron chi connectivity index (χ4n) is 2.69. The molecule has 0 radical (unpaired) electrons. The molecule has 3 nitrogen and oxygen atoms in total. The molecule has 19 heavy (non-hydrogen) atoms. The van der Waals surface area contributed by atoms with Gasteiger partial charge in [-0.25, -0.2) is 0 Å². The Labute approximate surface area is 115 Å². The number of amides is 1. The maximum atomic E-state index is 12.6. The minimum absolute atomic E-state index is 0.0723.